The smallest absolute Gasteiger partial charge is 0.154 e. The Hall–Kier alpha value is -0.0300. The van der Waals surface area contributed by atoms with Crippen LogP contribution in [0.2, 0.25) is 0 Å². The van der Waals surface area contributed by atoms with Crippen molar-refractivity contribution in [3.63, 3.8) is 0 Å². The monoisotopic (exact) mass is 214 g/mol. The Kier molecular flexibility index (Phi) is 12.3. The lowest BCUT2D eigenvalue weighted by Gasteiger charge is -2.00. The van der Waals surface area contributed by atoms with Crippen LogP contribution in [0.15, 0.2) is 0 Å². The van der Waals surface area contributed by atoms with E-state index in [0.717, 1.165) is 11.8 Å². The fourth-order valence-electron chi connectivity index (χ4n) is 0.143. The van der Waals surface area contributed by atoms with E-state index in [1.165, 1.54) is 0 Å². The summed E-state index contributed by atoms with van der Waals surface area (Å²) in [6.45, 7) is 0. The van der Waals surface area contributed by atoms with E-state index in [1.54, 1.807) is 0 Å². The summed E-state index contributed by atoms with van der Waals surface area (Å²) in [6.07, 6.45) is 0. The Labute approximate surface area is 79.3 Å². The molecule has 0 unspecified atom stereocenters. The van der Waals surface area contributed by atoms with Gasteiger partial charge in [0.05, 0.1) is 0 Å². The molecule has 9 heteroatoms. The average Bonchev–Trinajstić information content (AvgIpc) is 2.07. The van der Waals surface area contributed by atoms with Crippen LogP contribution in [0.1, 0.15) is 0 Å². The number of nitrogens with two attached hydrogens (primary N) is 4. The van der Waals surface area contributed by atoms with Crippen molar-refractivity contribution >= 4 is 44.8 Å². The quantitative estimate of drug-likeness (QED) is 0.155. The topological polar surface area (TPSA) is 128 Å². The molecule has 11 heavy (non-hydrogen) atoms. The van der Waals surface area contributed by atoms with E-state index >= 15 is 0 Å². The predicted octanol–water partition coefficient (Wildman–Crippen LogP) is -1.97. The van der Waals surface area contributed by atoms with Gasteiger partial charge in [0, 0.05) is 0 Å². The molecule has 0 aromatic carbocycles. The van der Waals surface area contributed by atoms with Gasteiger partial charge in [-0.05, 0) is 11.8 Å². The van der Waals surface area contributed by atoms with Crippen LogP contribution in [-0.2, 0) is 0 Å². The van der Waals surface area contributed by atoms with Gasteiger partial charge in [0.2, 0.25) is 0 Å². The maximum Gasteiger partial charge on any atom is 0.154 e. The summed E-state index contributed by atoms with van der Waals surface area (Å²) in [7, 11) is 0. The van der Waals surface area contributed by atoms with E-state index in [4.69, 9.17) is 11.7 Å². The zero-order chi connectivity index (χ0) is 9.28. The normalized spacial score (nSPS) is 7.27. The van der Waals surface area contributed by atoms with Crippen molar-refractivity contribution in [2.45, 2.75) is 0 Å². The summed E-state index contributed by atoms with van der Waals surface area (Å²) in [6, 6.07) is 0. The summed E-state index contributed by atoms with van der Waals surface area (Å²) in [5, 5.41) is 0. The number of hydrogen-bond donors (Lipinski definition) is 6. The van der Waals surface area contributed by atoms with Crippen molar-refractivity contribution in [3.8, 4) is 0 Å². The van der Waals surface area contributed by atoms with Crippen molar-refractivity contribution in [1.82, 2.24) is 10.9 Å². The zero-order valence-electron chi connectivity index (χ0n) is 5.53. The summed E-state index contributed by atoms with van der Waals surface area (Å²) < 4.78 is 0.774. The maximum atomic E-state index is 4.93. The summed E-state index contributed by atoms with van der Waals surface area (Å²) in [4.78, 5) is 0. The van der Waals surface area contributed by atoms with Gasteiger partial charge in [0.15, 0.2) is 8.64 Å². The number of thioether (sulfide) groups is 1. The molecule has 66 valence electrons. The first-order chi connectivity index (χ1) is 5.20. The highest BCUT2D eigenvalue weighted by Crippen LogP contribution is 2.00. The Balaban J connectivity index is 0. The third kappa shape index (κ3) is 9.97. The predicted molar refractivity (Wildman–Crippen MR) is 55.8 cm³/mol. The molecule has 0 aliphatic carbocycles. The molecule has 0 aliphatic rings. The molecule has 0 aromatic rings. The Bertz CT molecular complexity index is 111. The summed E-state index contributed by atoms with van der Waals surface area (Å²) in [5.74, 6) is 17.9. The van der Waals surface area contributed by atoms with Crippen LogP contribution in [0.5, 0.6) is 0 Å². The lowest BCUT2D eigenvalue weighted by Crippen LogP contribution is -2.32. The molecule has 6 nitrogen and oxygen atoms in total. The van der Waals surface area contributed by atoms with Gasteiger partial charge in [0.1, 0.15) is 0 Å². The molecule has 0 bridgehead atoms. The van der Waals surface area contributed by atoms with Gasteiger partial charge in [-0.1, -0.05) is 24.4 Å². The highest BCUT2D eigenvalue weighted by Gasteiger charge is 1.96. The van der Waals surface area contributed by atoms with Crippen molar-refractivity contribution in [2.24, 2.45) is 23.4 Å². The fraction of sp³-hybridized carbons (Fsp3) is 0. The van der Waals surface area contributed by atoms with Crippen LogP contribution in [0.3, 0.4) is 0 Å². The highest BCUT2D eigenvalue weighted by molar-refractivity contribution is 8.37. The van der Waals surface area contributed by atoms with Gasteiger partial charge in [-0.2, -0.15) is 0 Å². The fourth-order valence-corrected chi connectivity index (χ4v) is 1.09. The zero-order valence-corrected chi connectivity index (χ0v) is 7.98. The number of hydrazine groups is 3. The van der Waals surface area contributed by atoms with Gasteiger partial charge in [0.25, 0.3) is 0 Å². The Morgan fingerprint density at radius 2 is 1.27 bits per heavy atom. The van der Waals surface area contributed by atoms with E-state index < -0.39 is 0 Å². The van der Waals surface area contributed by atoms with Crippen LogP contribution in [0.25, 0.3) is 0 Å². The minimum absolute atomic E-state index is 0.387. The van der Waals surface area contributed by atoms with Crippen LogP contribution in [-0.4, -0.2) is 8.64 Å². The van der Waals surface area contributed by atoms with Gasteiger partial charge in [-0.25, -0.2) is 11.7 Å². The molecule has 0 rings (SSSR count). The summed E-state index contributed by atoms with van der Waals surface area (Å²) in [5.41, 5.74) is 4.48. The molecule has 0 heterocycles. The van der Waals surface area contributed by atoms with Crippen LogP contribution < -0.4 is 34.2 Å². The molecule has 0 atom stereocenters. The average molecular weight is 214 g/mol. The third-order valence-corrected chi connectivity index (χ3v) is 1.76. The molecule has 0 radical (unpaired) electrons. The molecule has 0 saturated carbocycles. The number of nitrogens with one attached hydrogen (secondary N) is 2. The number of rotatable bonds is 0. The van der Waals surface area contributed by atoms with Crippen molar-refractivity contribution in [3.05, 3.63) is 0 Å². The van der Waals surface area contributed by atoms with Crippen LogP contribution in [0.4, 0.5) is 0 Å². The summed E-state index contributed by atoms with van der Waals surface area (Å²) >= 11 is 10.4. The molecule has 0 aliphatic heterocycles. The second-order valence-corrected chi connectivity index (χ2v) is 3.32. The van der Waals surface area contributed by atoms with E-state index in [-0.39, 0.29) is 0 Å². The third-order valence-electron chi connectivity index (χ3n) is 0.421. The first-order valence-electron chi connectivity index (χ1n) is 2.23. The maximum absolute atomic E-state index is 4.93. The molecule has 10 N–H and O–H groups in total. The van der Waals surface area contributed by atoms with Gasteiger partial charge in [-0.3, -0.25) is 11.7 Å². The van der Waals surface area contributed by atoms with E-state index in [9.17, 15) is 0 Å². The molecular formula is C2H10N6S3. The second-order valence-electron chi connectivity index (χ2n) is 0.966. The molecule has 0 amide bonds. The lowest BCUT2D eigenvalue weighted by atomic mass is 11.4. The van der Waals surface area contributed by atoms with E-state index in [1.807, 2.05) is 0 Å². The number of hydrogen-bond acceptors (Lipinski definition) is 7. The van der Waals surface area contributed by atoms with Crippen molar-refractivity contribution in [1.29, 1.82) is 0 Å². The molecule has 0 saturated heterocycles. The molecule has 0 spiro atoms. The Morgan fingerprint density at radius 3 is 1.45 bits per heavy atom. The highest BCUT2D eigenvalue weighted by atomic mass is 32.2. The largest absolute Gasteiger partial charge is 0.309 e. The molecular weight excluding hydrogens is 204 g/mol. The van der Waals surface area contributed by atoms with Crippen molar-refractivity contribution < 1.29 is 0 Å². The van der Waals surface area contributed by atoms with Gasteiger partial charge >= 0.3 is 0 Å². The minimum Gasteiger partial charge on any atom is -0.309 e. The standard InChI is InChI=1S/C2H6N4S3.H4N2/c3-5-1(7)9-2(8)6-4;1-2/h3-4H2,(H,5,7)(H,6,8);1-2H2. The number of thiocarbonyl (C=S) groups is 2. The Morgan fingerprint density at radius 1 is 1.00 bits per heavy atom. The second kappa shape index (κ2) is 9.97. The van der Waals surface area contributed by atoms with Crippen LogP contribution in [0, 0.1) is 0 Å². The van der Waals surface area contributed by atoms with Crippen molar-refractivity contribution in [2.75, 3.05) is 0 Å². The first kappa shape index (κ1) is 13.6. The lowest BCUT2D eigenvalue weighted by molar-refractivity contribution is 1.06. The van der Waals surface area contributed by atoms with Gasteiger partial charge in [-0.15, -0.1) is 0 Å². The first-order valence-corrected chi connectivity index (χ1v) is 3.86. The minimum atomic E-state index is 0.387. The van der Waals surface area contributed by atoms with Crippen LogP contribution >= 0.6 is 36.2 Å². The van der Waals surface area contributed by atoms with E-state index in [0.29, 0.717) is 8.64 Å². The van der Waals surface area contributed by atoms with E-state index in [2.05, 4.69) is 47.0 Å². The van der Waals surface area contributed by atoms with Gasteiger partial charge < -0.3 is 10.9 Å². The molecule has 0 fully saturated rings. The SMILES string of the molecule is NN.NNC(=S)SC(=S)NN. The molecule has 0 aromatic heterocycles.